The number of aliphatic hydroxyl groups is 1. The zero-order chi connectivity index (χ0) is 23.1. The van der Waals surface area contributed by atoms with E-state index < -0.39 is 17.3 Å². The molecule has 7 heteroatoms. The minimum Gasteiger partial charge on any atom is -0.390 e. The van der Waals surface area contributed by atoms with Crippen molar-refractivity contribution >= 4 is 5.78 Å². The van der Waals surface area contributed by atoms with Gasteiger partial charge in [0.25, 0.3) is 0 Å². The van der Waals surface area contributed by atoms with Gasteiger partial charge in [0, 0.05) is 11.6 Å². The summed E-state index contributed by atoms with van der Waals surface area (Å²) in [5.41, 5.74) is -1.60. The fourth-order valence-corrected chi connectivity index (χ4v) is 10.6. The van der Waals surface area contributed by atoms with Crippen LogP contribution in [0.3, 0.4) is 0 Å². The molecular formula is C26H33F3N2O2. The summed E-state index contributed by atoms with van der Waals surface area (Å²) in [5, 5.41) is 14.5. The molecule has 180 valence electrons. The van der Waals surface area contributed by atoms with Gasteiger partial charge in [-0.1, -0.05) is 6.92 Å². The lowest BCUT2D eigenvalue weighted by Gasteiger charge is -2.56. The summed E-state index contributed by atoms with van der Waals surface area (Å²) in [4.78, 5) is 13.6. The van der Waals surface area contributed by atoms with E-state index in [1.54, 1.807) is 0 Å². The molecule has 0 spiro atoms. The van der Waals surface area contributed by atoms with E-state index in [2.05, 4.69) is 12.0 Å². The van der Waals surface area contributed by atoms with Crippen molar-refractivity contribution in [1.82, 2.24) is 9.78 Å². The maximum atomic E-state index is 13.6. The van der Waals surface area contributed by atoms with Gasteiger partial charge in [-0.3, -0.25) is 9.48 Å². The van der Waals surface area contributed by atoms with Gasteiger partial charge in [-0.25, -0.2) is 0 Å². The van der Waals surface area contributed by atoms with Gasteiger partial charge in [0.2, 0.25) is 0 Å². The Morgan fingerprint density at radius 2 is 1.82 bits per heavy atom. The number of hydrogen-bond donors (Lipinski definition) is 1. The fourth-order valence-electron chi connectivity index (χ4n) is 10.6. The first-order valence-electron chi connectivity index (χ1n) is 12.8. The third-order valence-electron chi connectivity index (χ3n) is 11.6. The lowest BCUT2D eigenvalue weighted by Crippen LogP contribution is -2.51. The van der Waals surface area contributed by atoms with Gasteiger partial charge in [0.1, 0.15) is 6.54 Å². The van der Waals surface area contributed by atoms with Gasteiger partial charge in [0.15, 0.2) is 5.78 Å². The molecule has 7 aliphatic carbocycles. The molecular weight excluding hydrogens is 429 g/mol. The molecule has 0 radical (unpaired) electrons. The Morgan fingerprint density at radius 3 is 2.52 bits per heavy atom. The monoisotopic (exact) mass is 462 g/mol. The number of alkyl halides is 3. The Morgan fingerprint density at radius 1 is 1.09 bits per heavy atom. The van der Waals surface area contributed by atoms with Gasteiger partial charge < -0.3 is 5.11 Å². The SMILES string of the molecule is C[C@@]1(O)CC[C@H]2[C@H](CC[C@@H]3[C@@H]2CC[C@@]2(C)[C@H]3C3C4[C@@H]3C42C(=O)Cn2cc(C(F)(F)F)cn2)C1. The molecule has 2 bridgehead atoms. The quantitative estimate of drug-likeness (QED) is 0.691. The highest BCUT2D eigenvalue weighted by Gasteiger charge is 2.99. The molecule has 7 aliphatic rings. The smallest absolute Gasteiger partial charge is 0.390 e. The Labute approximate surface area is 192 Å². The van der Waals surface area contributed by atoms with Crippen LogP contribution in [-0.4, -0.2) is 26.3 Å². The van der Waals surface area contributed by atoms with Crippen LogP contribution >= 0.6 is 0 Å². The van der Waals surface area contributed by atoms with Gasteiger partial charge in [0.05, 0.1) is 17.4 Å². The Balaban J connectivity index is 1.12. The molecule has 0 saturated heterocycles. The number of aromatic nitrogens is 2. The Bertz CT molecular complexity index is 1020. The van der Waals surface area contributed by atoms with E-state index in [0.717, 1.165) is 49.9 Å². The largest absolute Gasteiger partial charge is 0.419 e. The summed E-state index contributed by atoms with van der Waals surface area (Å²) in [7, 11) is 0. The predicted molar refractivity (Wildman–Crippen MR) is 114 cm³/mol. The third-order valence-corrected chi connectivity index (χ3v) is 11.6. The van der Waals surface area contributed by atoms with Crippen LogP contribution in [0, 0.1) is 58.2 Å². The highest BCUT2D eigenvalue weighted by atomic mass is 19.4. The van der Waals surface area contributed by atoms with Gasteiger partial charge >= 0.3 is 6.18 Å². The standard InChI is InChI=1S/C26H33F3N2O2/c1-23(33)7-5-15-13(9-23)3-4-17-16(15)6-8-24(2)20(17)19-21-22(19)25(21,24)18(32)12-31-11-14(10-30-31)26(27,28)29/h10-11,13,15-17,19-22,33H,3-9,12H2,1-2H3/t13-,15+,16-,17-,19?,20-,21-,22?,23-,24+,25?/m1/s1. The maximum absolute atomic E-state index is 13.6. The number of hydrogen-bond acceptors (Lipinski definition) is 3. The van der Waals surface area contributed by atoms with E-state index in [4.69, 9.17) is 0 Å². The van der Waals surface area contributed by atoms with E-state index in [0.29, 0.717) is 35.5 Å². The second kappa shape index (κ2) is 6.06. The van der Waals surface area contributed by atoms with Crippen LogP contribution in [0.1, 0.15) is 64.4 Å². The first-order valence-corrected chi connectivity index (χ1v) is 12.8. The van der Waals surface area contributed by atoms with Crippen molar-refractivity contribution in [2.45, 2.75) is 77.1 Å². The molecule has 11 atom stereocenters. The molecule has 8 rings (SSSR count). The second-order valence-corrected chi connectivity index (χ2v) is 12.9. The van der Waals surface area contributed by atoms with E-state index in [1.165, 1.54) is 23.9 Å². The number of Topliss-reactive ketones (excluding diaryl/α,β-unsaturated/α-hetero) is 1. The molecule has 0 amide bonds. The molecule has 0 aliphatic heterocycles. The van der Waals surface area contributed by atoms with Crippen LogP contribution in [0.5, 0.6) is 0 Å². The van der Waals surface area contributed by atoms with Crippen molar-refractivity contribution in [3.63, 3.8) is 0 Å². The molecule has 7 saturated carbocycles. The van der Waals surface area contributed by atoms with Crippen LogP contribution in [-0.2, 0) is 17.5 Å². The fraction of sp³-hybridized carbons (Fsp3) is 0.846. The van der Waals surface area contributed by atoms with Gasteiger partial charge in [-0.15, -0.1) is 0 Å². The average Bonchev–Trinajstić information content (AvgIpc) is 3.48. The van der Waals surface area contributed by atoms with Crippen molar-refractivity contribution in [3.8, 4) is 0 Å². The zero-order valence-corrected chi connectivity index (χ0v) is 19.3. The van der Waals surface area contributed by atoms with Crippen molar-refractivity contribution in [3.05, 3.63) is 18.0 Å². The number of carbonyl (C=O) groups excluding carboxylic acids is 1. The first kappa shape index (κ1) is 21.0. The summed E-state index contributed by atoms with van der Waals surface area (Å²) in [6.45, 7) is 4.30. The van der Waals surface area contributed by atoms with Crippen molar-refractivity contribution in [1.29, 1.82) is 0 Å². The zero-order valence-electron chi connectivity index (χ0n) is 19.3. The predicted octanol–water partition coefficient (Wildman–Crippen LogP) is 4.96. The minimum atomic E-state index is -4.43. The minimum absolute atomic E-state index is 0.00173. The molecule has 1 N–H and O–H groups in total. The number of rotatable bonds is 3. The van der Waals surface area contributed by atoms with Crippen molar-refractivity contribution < 1.29 is 23.1 Å². The molecule has 7 fully saturated rings. The Hall–Kier alpha value is -1.37. The van der Waals surface area contributed by atoms with Crippen LogP contribution in [0.2, 0.25) is 0 Å². The van der Waals surface area contributed by atoms with Crippen LogP contribution in [0.25, 0.3) is 0 Å². The number of halogens is 3. The van der Waals surface area contributed by atoms with Crippen molar-refractivity contribution in [2.24, 2.45) is 58.2 Å². The van der Waals surface area contributed by atoms with E-state index in [9.17, 15) is 23.1 Å². The van der Waals surface area contributed by atoms with Gasteiger partial charge in [-0.2, -0.15) is 18.3 Å². The molecule has 1 aromatic rings. The Kier molecular flexibility index (Phi) is 3.85. The molecule has 3 unspecified atom stereocenters. The molecule has 1 heterocycles. The third kappa shape index (κ3) is 2.48. The maximum Gasteiger partial charge on any atom is 0.419 e. The number of ketones is 1. The molecule has 0 aromatic carbocycles. The average molecular weight is 463 g/mol. The topological polar surface area (TPSA) is 55.1 Å². The second-order valence-electron chi connectivity index (χ2n) is 12.9. The first-order chi connectivity index (χ1) is 15.5. The molecule has 33 heavy (non-hydrogen) atoms. The summed E-state index contributed by atoms with van der Waals surface area (Å²) in [6.07, 6.45) is 5.00. The van der Waals surface area contributed by atoms with Crippen LogP contribution in [0.4, 0.5) is 13.2 Å². The van der Waals surface area contributed by atoms with Crippen LogP contribution < -0.4 is 0 Å². The molecule has 4 nitrogen and oxygen atoms in total. The highest BCUT2D eigenvalue weighted by molar-refractivity contribution is 5.93. The van der Waals surface area contributed by atoms with E-state index >= 15 is 0 Å². The summed E-state index contributed by atoms with van der Waals surface area (Å²) >= 11 is 0. The number of fused-ring (bicyclic) bond motifs is 3. The summed E-state index contributed by atoms with van der Waals surface area (Å²) in [6, 6.07) is 0. The van der Waals surface area contributed by atoms with E-state index in [-0.39, 0.29) is 23.2 Å². The van der Waals surface area contributed by atoms with Gasteiger partial charge in [-0.05, 0) is 105 Å². The van der Waals surface area contributed by atoms with Crippen LogP contribution in [0.15, 0.2) is 12.4 Å². The summed E-state index contributed by atoms with van der Waals surface area (Å²) in [5.74, 6) is 5.10. The normalized spacial score (nSPS) is 53.5. The lowest BCUT2D eigenvalue weighted by molar-refractivity contribution is -0.138. The summed E-state index contributed by atoms with van der Waals surface area (Å²) < 4.78 is 40.1. The number of carbonyl (C=O) groups is 1. The van der Waals surface area contributed by atoms with E-state index in [1.807, 2.05) is 6.92 Å². The van der Waals surface area contributed by atoms with Crippen molar-refractivity contribution in [2.75, 3.05) is 0 Å². The lowest BCUT2D eigenvalue weighted by atomic mass is 9.49. The number of nitrogens with zero attached hydrogens (tertiary/aromatic N) is 2. The molecule has 1 aromatic heterocycles. The highest BCUT2D eigenvalue weighted by Crippen LogP contribution is 2.99.